The molecule has 6 heteroatoms. The van der Waals surface area contributed by atoms with Crippen LogP contribution in [0.25, 0.3) is 16.7 Å². The molecule has 0 amide bonds. The molecule has 0 atom stereocenters. The molecule has 3 aromatic rings. The third-order valence-corrected chi connectivity index (χ3v) is 8.55. The lowest BCUT2D eigenvalue weighted by atomic mass is 9.48. The van der Waals surface area contributed by atoms with Crippen molar-refractivity contribution >= 4 is 11.0 Å². The summed E-state index contributed by atoms with van der Waals surface area (Å²) in [4.78, 5) is 5.11. The van der Waals surface area contributed by atoms with Crippen molar-refractivity contribution in [1.82, 2.24) is 14.8 Å². The van der Waals surface area contributed by atoms with Crippen molar-refractivity contribution in [3.63, 3.8) is 0 Å². The summed E-state index contributed by atoms with van der Waals surface area (Å²) in [6.45, 7) is 0. The van der Waals surface area contributed by atoms with Crippen LogP contribution in [0.2, 0.25) is 0 Å². The van der Waals surface area contributed by atoms with E-state index in [2.05, 4.69) is 0 Å². The number of alkyl halides is 2. The van der Waals surface area contributed by atoms with Crippen molar-refractivity contribution in [2.45, 2.75) is 69.1 Å². The highest BCUT2D eigenvalue weighted by atomic mass is 19.3. The highest BCUT2D eigenvalue weighted by Crippen LogP contribution is 2.61. The molecule has 5 aliphatic rings. The number of fused-ring (bicyclic) bond motifs is 1. The molecule has 0 spiro atoms. The number of hydrogen-bond donors (Lipinski definition) is 0. The smallest absolute Gasteiger partial charge is 0.232 e. The van der Waals surface area contributed by atoms with Crippen LogP contribution in [0.3, 0.4) is 0 Å². The summed E-state index contributed by atoms with van der Waals surface area (Å²) < 4.78 is 44.2. The van der Waals surface area contributed by atoms with E-state index in [1.165, 1.54) is 31.4 Å². The summed E-state index contributed by atoms with van der Waals surface area (Å²) in [7, 11) is 0. The minimum absolute atomic E-state index is 0.0791. The predicted octanol–water partition coefficient (Wildman–Crippen LogP) is 6.84. The summed E-state index contributed by atoms with van der Waals surface area (Å²) in [5.74, 6) is 2.00. The van der Waals surface area contributed by atoms with E-state index in [4.69, 9.17) is 10.1 Å². The van der Waals surface area contributed by atoms with Gasteiger partial charge < -0.3 is 0 Å². The molecule has 4 bridgehead atoms. The number of aromatic nitrogens is 3. The number of rotatable bonds is 4. The lowest BCUT2D eigenvalue weighted by molar-refractivity contribution is -0.00721. The first-order chi connectivity index (χ1) is 15.5. The van der Waals surface area contributed by atoms with Gasteiger partial charge in [-0.05, 0) is 99.5 Å². The lowest BCUT2D eigenvalue weighted by Crippen LogP contribution is -2.49. The van der Waals surface area contributed by atoms with E-state index in [-0.39, 0.29) is 22.7 Å². The highest BCUT2D eigenvalue weighted by molar-refractivity contribution is 5.85. The average Bonchev–Trinajstić information content (AvgIpc) is 3.53. The Morgan fingerprint density at radius 1 is 0.938 bits per heavy atom. The molecule has 3 nitrogen and oxygen atoms in total. The van der Waals surface area contributed by atoms with Gasteiger partial charge in [0.15, 0.2) is 5.65 Å². The van der Waals surface area contributed by atoms with Crippen molar-refractivity contribution in [2.24, 2.45) is 17.8 Å². The van der Waals surface area contributed by atoms with Gasteiger partial charge in [-0.25, -0.2) is 22.8 Å². The Morgan fingerprint density at radius 3 is 2.12 bits per heavy atom. The summed E-state index contributed by atoms with van der Waals surface area (Å²) in [6, 6.07) is 7.80. The van der Waals surface area contributed by atoms with Gasteiger partial charge in [0.1, 0.15) is 5.82 Å². The molecule has 2 aromatic heterocycles. The summed E-state index contributed by atoms with van der Waals surface area (Å²) in [5.41, 5.74) is 2.75. The van der Waals surface area contributed by atoms with Gasteiger partial charge in [-0.2, -0.15) is 5.10 Å². The second-order valence-corrected chi connectivity index (χ2v) is 10.8. The first-order valence-corrected chi connectivity index (χ1v) is 12.0. The first kappa shape index (κ1) is 19.1. The third-order valence-electron chi connectivity index (χ3n) is 8.55. The van der Waals surface area contributed by atoms with Gasteiger partial charge in [-0.15, -0.1) is 0 Å². The first-order valence-electron chi connectivity index (χ1n) is 12.0. The highest BCUT2D eigenvalue weighted by Gasteiger charge is 2.52. The maximum absolute atomic E-state index is 14.5. The van der Waals surface area contributed by atoms with Gasteiger partial charge >= 0.3 is 0 Å². The number of halogens is 3. The lowest BCUT2D eigenvalue weighted by Gasteiger charge is -2.56. The van der Waals surface area contributed by atoms with Crippen LogP contribution in [-0.2, 0) is 5.41 Å². The Hall–Kier alpha value is -2.37. The van der Waals surface area contributed by atoms with E-state index in [1.807, 2.05) is 0 Å². The molecule has 0 N–H and O–H groups in total. The van der Waals surface area contributed by atoms with Crippen molar-refractivity contribution in [3.05, 3.63) is 53.1 Å². The Balaban J connectivity index is 1.47. The molecule has 2 heterocycles. The van der Waals surface area contributed by atoms with Crippen LogP contribution in [-0.4, -0.2) is 14.8 Å². The van der Waals surface area contributed by atoms with E-state index in [9.17, 15) is 13.2 Å². The van der Waals surface area contributed by atoms with Crippen LogP contribution in [0.4, 0.5) is 13.2 Å². The zero-order chi connectivity index (χ0) is 21.6. The minimum Gasteiger partial charge on any atom is -0.232 e. The standard InChI is InChI=1S/C26H26F3N3/c27-18-3-5-19(6-4-18)32-25-22(23(31-32)17-1-2-17)20(24(28)29)10-21(30-25)26-11-14-7-15(12-26)9-16(8-14)13-26/h3-6,10,14-17,24H,1-2,7-9,11-13H2. The normalized spacial score (nSPS) is 31.2. The molecular weight excluding hydrogens is 411 g/mol. The molecule has 0 radical (unpaired) electrons. The van der Waals surface area contributed by atoms with E-state index in [0.717, 1.165) is 43.5 Å². The molecule has 0 saturated heterocycles. The van der Waals surface area contributed by atoms with Gasteiger partial charge in [0.25, 0.3) is 6.43 Å². The fraction of sp³-hybridized carbons (Fsp3) is 0.538. The largest absolute Gasteiger partial charge is 0.264 e. The SMILES string of the molecule is Fc1ccc(-n2nc(C3CC3)c3c(C(F)F)cc(C45CC6CC(CC(C6)C4)C5)nc32)cc1. The minimum atomic E-state index is -2.57. The quantitative estimate of drug-likeness (QED) is 0.447. The van der Waals surface area contributed by atoms with Gasteiger partial charge in [-0.1, -0.05) is 0 Å². The topological polar surface area (TPSA) is 30.7 Å². The number of benzene rings is 1. The van der Waals surface area contributed by atoms with Gasteiger partial charge in [0.2, 0.25) is 0 Å². The molecule has 5 saturated carbocycles. The van der Waals surface area contributed by atoms with Crippen LogP contribution in [0.1, 0.15) is 80.7 Å². The van der Waals surface area contributed by atoms with E-state index in [0.29, 0.717) is 34.5 Å². The number of hydrogen-bond acceptors (Lipinski definition) is 2. The van der Waals surface area contributed by atoms with Crippen molar-refractivity contribution in [2.75, 3.05) is 0 Å². The Morgan fingerprint density at radius 2 is 1.56 bits per heavy atom. The monoisotopic (exact) mass is 437 g/mol. The Labute approximate surface area is 185 Å². The van der Waals surface area contributed by atoms with Crippen molar-refractivity contribution < 1.29 is 13.2 Å². The number of pyridine rings is 1. The average molecular weight is 438 g/mol. The molecule has 1 aromatic carbocycles. The fourth-order valence-corrected chi connectivity index (χ4v) is 7.44. The third kappa shape index (κ3) is 2.80. The molecular formula is C26H26F3N3. The maximum Gasteiger partial charge on any atom is 0.264 e. The summed E-state index contributed by atoms with van der Waals surface area (Å²) >= 11 is 0. The summed E-state index contributed by atoms with van der Waals surface area (Å²) in [6.07, 6.45) is 6.45. The fourth-order valence-electron chi connectivity index (χ4n) is 7.44. The van der Waals surface area contributed by atoms with Crippen LogP contribution in [0.5, 0.6) is 0 Å². The van der Waals surface area contributed by atoms with Crippen molar-refractivity contribution in [3.8, 4) is 5.69 Å². The van der Waals surface area contributed by atoms with Gasteiger partial charge in [-0.3, -0.25) is 0 Å². The molecule has 5 aliphatic carbocycles. The Kier molecular flexibility index (Phi) is 3.93. The van der Waals surface area contributed by atoms with E-state index < -0.39 is 6.43 Å². The van der Waals surface area contributed by atoms with E-state index in [1.54, 1.807) is 22.9 Å². The maximum atomic E-state index is 14.5. The summed E-state index contributed by atoms with van der Waals surface area (Å²) in [5, 5.41) is 5.29. The predicted molar refractivity (Wildman–Crippen MR) is 116 cm³/mol. The van der Waals surface area contributed by atoms with E-state index >= 15 is 0 Å². The van der Waals surface area contributed by atoms with Crippen LogP contribution < -0.4 is 0 Å². The van der Waals surface area contributed by atoms with Gasteiger partial charge in [0, 0.05) is 22.6 Å². The van der Waals surface area contributed by atoms with Crippen LogP contribution >= 0.6 is 0 Å². The molecule has 0 aliphatic heterocycles. The zero-order valence-corrected chi connectivity index (χ0v) is 17.9. The molecule has 166 valence electrons. The molecule has 5 fully saturated rings. The molecule has 0 unspecified atom stereocenters. The second kappa shape index (κ2) is 6.58. The zero-order valence-electron chi connectivity index (χ0n) is 17.9. The van der Waals surface area contributed by atoms with Crippen LogP contribution in [0.15, 0.2) is 30.3 Å². The van der Waals surface area contributed by atoms with Crippen molar-refractivity contribution in [1.29, 1.82) is 0 Å². The Bertz CT molecular complexity index is 1170. The molecule has 8 rings (SSSR count). The van der Waals surface area contributed by atoms with Gasteiger partial charge in [0.05, 0.1) is 16.8 Å². The molecule has 32 heavy (non-hydrogen) atoms. The van der Waals surface area contributed by atoms with Crippen LogP contribution in [0, 0.1) is 23.6 Å². The second-order valence-electron chi connectivity index (χ2n) is 10.8. The number of nitrogens with zero attached hydrogens (tertiary/aromatic N) is 3.